The van der Waals surface area contributed by atoms with Gasteiger partial charge in [-0.05, 0) is 13.8 Å². The lowest BCUT2D eigenvalue weighted by atomic mass is 10.4. The second kappa shape index (κ2) is 4.94. The van der Waals surface area contributed by atoms with E-state index in [4.69, 9.17) is 10.5 Å². The molecular weight excluding hydrogens is 168 g/mol. The van der Waals surface area contributed by atoms with E-state index in [-0.39, 0.29) is 0 Å². The Labute approximate surface area is 77.9 Å². The van der Waals surface area contributed by atoms with E-state index in [2.05, 4.69) is 24.0 Å². The van der Waals surface area contributed by atoms with Gasteiger partial charge < -0.3 is 15.0 Å². The molecule has 2 N–H and O–H groups in total. The third kappa shape index (κ3) is 2.78. The number of hydrogen-bond acceptors (Lipinski definition) is 4. The van der Waals surface area contributed by atoms with Crippen LogP contribution in [0.5, 0.6) is 0 Å². The number of nitrogens with two attached hydrogens (primary N) is 1. The molecule has 0 amide bonds. The predicted molar refractivity (Wildman–Crippen MR) is 49.1 cm³/mol. The topological polar surface area (TPSA) is 66.0 Å². The average molecular weight is 184 g/mol. The molecule has 13 heavy (non-hydrogen) atoms. The molecule has 0 fully saturated rings. The van der Waals surface area contributed by atoms with Gasteiger partial charge in [0.05, 0.1) is 6.61 Å². The second-order valence-electron chi connectivity index (χ2n) is 3.09. The molecule has 0 spiro atoms. The van der Waals surface area contributed by atoms with Gasteiger partial charge in [-0.15, -0.1) is 10.2 Å². The van der Waals surface area contributed by atoms with Crippen LogP contribution in [-0.2, 0) is 11.3 Å². The molecule has 0 radical (unpaired) electrons. The molecule has 1 aromatic heterocycles. The van der Waals surface area contributed by atoms with E-state index in [0.29, 0.717) is 25.8 Å². The Kier molecular flexibility index (Phi) is 3.85. The zero-order chi connectivity index (χ0) is 9.68. The summed E-state index contributed by atoms with van der Waals surface area (Å²) in [7, 11) is 0. The molecule has 1 heterocycles. The van der Waals surface area contributed by atoms with Gasteiger partial charge in [-0.3, -0.25) is 0 Å². The van der Waals surface area contributed by atoms with Crippen LogP contribution >= 0.6 is 0 Å². The lowest BCUT2D eigenvalue weighted by Crippen LogP contribution is -2.11. The van der Waals surface area contributed by atoms with Crippen LogP contribution in [0.4, 0.5) is 0 Å². The van der Waals surface area contributed by atoms with Crippen molar-refractivity contribution in [1.82, 2.24) is 14.8 Å². The second-order valence-corrected chi connectivity index (χ2v) is 3.09. The predicted octanol–water partition coefficient (Wildman–Crippen LogP) is 0.334. The summed E-state index contributed by atoms with van der Waals surface area (Å²) in [6.45, 7) is 5.74. The summed E-state index contributed by atoms with van der Waals surface area (Å²) in [6.07, 6.45) is 1.71. The van der Waals surface area contributed by atoms with E-state index in [1.54, 1.807) is 6.33 Å². The summed E-state index contributed by atoms with van der Waals surface area (Å²) in [5, 5.41) is 7.78. The Morgan fingerprint density at radius 3 is 3.00 bits per heavy atom. The highest BCUT2D eigenvalue weighted by Crippen LogP contribution is 2.06. The first kappa shape index (κ1) is 10.1. The summed E-state index contributed by atoms with van der Waals surface area (Å²) < 4.78 is 7.25. The fourth-order valence-electron chi connectivity index (χ4n) is 1.05. The summed E-state index contributed by atoms with van der Waals surface area (Å²) in [5.74, 6) is 0.850. The third-order valence-corrected chi connectivity index (χ3v) is 1.70. The van der Waals surface area contributed by atoms with Crippen LogP contribution < -0.4 is 5.73 Å². The van der Waals surface area contributed by atoms with E-state index < -0.39 is 0 Å². The van der Waals surface area contributed by atoms with Gasteiger partial charge in [-0.1, -0.05) is 0 Å². The van der Waals surface area contributed by atoms with Gasteiger partial charge in [0, 0.05) is 12.6 Å². The van der Waals surface area contributed by atoms with Gasteiger partial charge in [0.2, 0.25) is 0 Å². The lowest BCUT2D eigenvalue weighted by molar-refractivity contribution is 0.119. The molecule has 5 heteroatoms. The first-order chi connectivity index (χ1) is 6.25. The zero-order valence-electron chi connectivity index (χ0n) is 8.10. The van der Waals surface area contributed by atoms with Crippen LogP contribution in [0.3, 0.4) is 0 Å². The largest absolute Gasteiger partial charge is 0.372 e. The Hall–Kier alpha value is -0.940. The Balaban J connectivity index is 2.50. The molecule has 0 bridgehead atoms. The summed E-state index contributed by atoms with van der Waals surface area (Å²) >= 11 is 0. The molecule has 0 aliphatic rings. The molecule has 1 aromatic rings. The fraction of sp³-hybridized carbons (Fsp3) is 0.750. The minimum absolute atomic E-state index is 0.367. The van der Waals surface area contributed by atoms with E-state index in [0.717, 1.165) is 5.82 Å². The van der Waals surface area contributed by atoms with E-state index >= 15 is 0 Å². The number of rotatable bonds is 5. The van der Waals surface area contributed by atoms with Crippen molar-refractivity contribution in [2.75, 3.05) is 13.2 Å². The number of hydrogen-bond donors (Lipinski definition) is 1. The van der Waals surface area contributed by atoms with Crippen molar-refractivity contribution in [3.05, 3.63) is 12.2 Å². The van der Waals surface area contributed by atoms with Gasteiger partial charge in [0.25, 0.3) is 0 Å². The Morgan fingerprint density at radius 2 is 2.38 bits per heavy atom. The average Bonchev–Trinajstić information content (AvgIpc) is 2.53. The maximum absolute atomic E-state index is 5.30. The summed E-state index contributed by atoms with van der Waals surface area (Å²) in [6, 6.07) is 0.367. The van der Waals surface area contributed by atoms with Crippen LogP contribution in [0.2, 0.25) is 0 Å². The number of nitrogens with zero attached hydrogens (tertiary/aromatic N) is 3. The van der Waals surface area contributed by atoms with Crippen LogP contribution in [-0.4, -0.2) is 27.9 Å². The van der Waals surface area contributed by atoms with Gasteiger partial charge in [0.15, 0.2) is 5.82 Å². The fourth-order valence-corrected chi connectivity index (χ4v) is 1.05. The first-order valence-corrected chi connectivity index (χ1v) is 4.42. The highest BCUT2D eigenvalue weighted by molar-refractivity contribution is 4.85. The number of aromatic nitrogens is 3. The van der Waals surface area contributed by atoms with Crippen molar-refractivity contribution in [3.63, 3.8) is 0 Å². The molecular formula is C8H16N4O. The van der Waals surface area contributed by atoms with Crippen LogP contribution in [0.1, 0.15) is 25.7 Å². The molecule has 1 rings (SSSR count). The van der Waals surface area contributed by atoms with Crippen molar-refractivity contribution in [1.29, 1.82) is 0 Å². The third-order valence-electron chi connectivity index (χ3n) is 1.70. The molecule has 0 saturated carbocycles. The normalized spacial score (nSPS) is 11.1. The molecule has 0 aliphatic heterocycles. The van der Waals surface area contributed by atoms with E-state index in [1.165, 1.54) is 0 Å². The standard InChI is InChI=1S/C8H16N4O/c1-7(2)12-6-10-11-8(12)5-13-4-3-9/h6-7H,3-5,9H2,1-2H3. The highest BCUT2D eigenvalue weighted by atomic mass is 16.5. The molecule has 0 saturated heterocycles. The van der Waals surface area contributed by atoms with E-state index in [1.807, 2.05) is 4.57 Å². The molecule has 0 atom stereocenters. The SMILES string of the molecule is CC(C)n1cnnc1COCCN. The van der Waals surface area contributed by atoms with Crippen molar-refractivity contribution in [3.8, 4) is 0 Å². The number of ether oxygens (including phenoxy) is 1. The smallest absolute Gasteiger partial charge is 0.159 e. The molecule has 0 unspecified atom stereocenters. The molecule has 5 nitrogen and oxygen atoms in total. The summed E-state index contributed by atoms with van der Waals surface area (Å²) in [4.78, 5) is 0. The van der Waals surface area contributed by atoms with Crippen LogP contribution in [0.25, 0.3) is 0 Å². The quantitative estimate of drug-likeness (QED) is 0.670. The molecule has 0 aromatic carbocycles. The maximum Gasteiger partial charge on any atom is 0.159 e. The van der Waals surface area contributed by atoms with Gasteiger partial charge in [0.1, 0.15) is 12.9 Å². The van der Waals surface area contributed by atoms with Crippen LogP contribution in [0, 0.1) is 0 Å². The minimum Gasteiger partial charge on any atom is -0.372 e. The Bertz CT molecular complexity index is 246. The lowest BCUT2D eigenvalue weighted by Gasteiger charge is -2.09. The zero-order valence-corrected chi connectivity index (χ0v) is 8.10. The first-order valence-electron chi connectivity index (χ1n) is 4.42. The van der Waals surface area contributed by atoms with Gasteiger partial charge >= 0.3 is 0 Å². The van der Waals surface area contributed by atoms with Gasteiger partial charge in [-0.2, -0.15) is 0 Å². The maximum atomic E-state index is 5.30. The van der Waals surface area contributed by atoms with Crippen molar-refractivity contribution < 1.29 is 4.74 Å². The summed E-state index contributed by atoms with van der Waals surface area (Å²) in [5.41, 5.74) is 5.30. The Morgan fingerprint density at radius 1 is 1.62 bits per heavy atom. The molecule has 0 aliphatic carbocycles. The monoisotopic (exact) mass is 184 g/mol. The van der Waals surface area contributed by atoms with Crippen molar-refractivity contribution >= 4 is 0 Å². The van der Waals surface area contributed by atoms with Crippen molar-refractivity contribution in [2.45, 2.75) is 26.5 Å². The van der Waals surface area contributed by atoms with E-state index in [9.17, 15) is 0 Å². The minimum atomic E-state index is 0.367. The van der Waals surface area contributed by atoms with Crippen LogP contribution in [0.15, 0.2) is 6.33 Å². The van der Waals surface area contributed by atoms with Gasteiger partial charge in [-0.25, -0.2) is 0 Å². The van der Waals surface area contributed by atoms with Crippen molar-refractivity contribution in [2.24, 2.45) is 5.73 Å². The highest BCUT2D eigenvalue weighted by Gasteiger charge is 2.06. The molecule has 74 valence electrons.